The smallest absolute Gasteiger partial charge is 0.255 e. The summed E-state index contributed by atoms with van der Waals surface area (Å²) in [6.45, 7) is 3.32. The summed E-state index contributed by atoms with van der Waals surface area (Å²) in [6, 6.07) is 25.8. The van der Waals surface area contributed by atoms with Crippen molar-refractivity contribution in [3.05, 3.63) is 101 Å². The summed E-state index contributed by atoms with van der Waals surface area (Å²) in [5, 5.41) is 10.9. The summed E-state index contributed by atoms with van der Waals surface area (Å²) in [5.41, 5.74) is 2.43. The van der Waals surface area contributed by atoms with Gasteiger partial charge in [0.15, 0.2) is 11.5 Å². The number of ketones is 2. The number of carbonyl (C=O) groups is 3. The summed E-state index contributed by atoms with van der Waals surface area (Å²) in [4.78, 5) is 38.7. The average molecular weight is 833 g/mol. The Morgan fingerprint density at radius 3 is 2.27 bits per heavy atom. The molecule has 1 aromatic heterocycles. The lowest BCUT2D eigenvalue weighted by atomic mass is 9.92. The van der Waals surface area contributed by atoms with Crippen molar-refractivity contribution in [2.45, 2.75) is 31.8 Å². The summed E-state index contributed by atoms with van der Waals surface area (Å²) >= 11 is 5.08. The van der Waals surface area contributed by atoms with Crippen LogP contribution in [-0.2, 0) is 30.3 Å². The molecule has 11 nitrogen and oxygen atoms in total. The van der Waals surface area contributed by atoms with Crippen molar-refractivity contribution >= 4 is 54.8 Å². The van der Waals surface area contributed by atoms with Crippen molar-refractivity contribution < 1.29 is 47.9 Å². The molecule has 288 valence electrons. The molecule has 0 radical (unpaired) electrons. The number of carbonyl (C=O) groups excluding carboxylic acids is 3. The summed E-state index contributed by atoms with van der Waals surface area (Å²) < 4.78 is 35.0. The van der Waals surface area contributed by atoms with E-state index >= 15 is 0 Å². The van der Waals surface area contributed by atoms with E-state index in [1.54, 1.807) is 54.7 Å². The molecule has 2 heterocycles. The van der Waals surface area contributed by atoms with E-state index in [1.165, 1.54) is 0 Å². The molecule has 7 rings (SSSR count). The minimum atomic E-state index is -0.501. The van der Waals surface area contributed by atoms with Gasteiger partial charge in [-0.2, -0.15) is 0 Å². The van der Waals surface area contributed by atoms with Crippen molar-refractivity contribution in [3.63, 3.8) is 0 Å². The molecule has 1 fully saturated rings. The maximum absolute atomic E-state index is 12.6. The van der Waals surface area contributed by atoms with Gasteiger partial charge in [-0.3, -0.25) is 14.4 Å². The van der Waals surface area contributed by atoms with Gasteiger partial charge >= 0.3 is 0 Å². The molecule has 0 bridgehead atoms. The molecular weight excluding hydrogens is 790 g/mol. The first-order valence-corrected chi connectivity index (χ1v) is 19.4. The lowest BCUT2D eigenvalue weighted by Crippen LogP contribution is -2.44. The predicted octanol–water partition coefficient (Wildman–Crippen LogP) is 8.23. The number of phenolic OH excluding ortho intramolecular Hbond substituents is 1. The summed E-state index contributed by atoms with van der Waals surface area (Å²) in [5.74, 6) is 2.75. The van der Waals surface area contributed by atoms with Gasteiger partial charge < -0.3 is 38.4 Å². The van der Waals surface area contributed by atoms with Crippen molar-refractivity contribution in [2.24, 2.45) is 0 Å². The van der Waals surface area contributed by atoms with E-state index in [2.05, 4.69) is 15.9 Å². The first-order chi connectivity index (χ1) is 26.7. The number of phenols is 1. The van der Waals surface area contributed by atoms with Crippen LogP contribution in [0.5, 0.6) is 28.7 Å². The molecule has 2 aliphatic rings. The summed E-state index contributed by atoms with van der Waals surface area (Å²) in [7, 11) is 3.24. The van der Waals surface area contributed by atoms with Gasteiger partial charge in [-0.25, -0.2) is 0 Å². The van der Waals surface area contributed by atoms with Crippen LogP contribution < -0.4 is 14.2 Å². The Labute approximate surface area is 331 Å². The van der Waals surface area contributed by atoms with Crippen molar-refractivity contribution in [3.8, 4) is 39.2 Å². The number of aromatic hydroxyl groups is 1. The van der Waals surface area contributed by atoms with Gasteiger partial charge in [-0.15, -0.1) is 11.3 Å². The lowest BCUT2D eigenvalue weighted by Gasteiger charge is -2.29. The van der Waals surface area contributed by atoms with Crippen LogP contribution in [0.1, 0.15) is 35.2 Å². The Balaban J connectivity index is 0.000000197. The Morgan fingerprint density at radius 1 is 0.818 bits per heavy atom. The molecule has 0 saturated heterocycles. The van der Waals surface area contributed by atoms with Crippen LogP contribution in [0.25, 0.3) is 20.5 Å². The van der Waals surface area contributed by atoms with Crippen LogP contribution in [0.15, 0.2) is 89.4 Å². The number of ether oxygens (including phenoxy) is 6. The Kier molecular flexibility index (Phi) is 13.9. The van der Waals surface area contributed by atoms with Crippen LogP contribution >= 0.6 is 27.3 Å². The van der Waals surface area contributed by atoms with E-state index in [1.807, 2.05) is 60.7 Å². The molecule has 1 aliphatic heterocycles. The fourth-order valence-corrected chi connectivity index (χ4v) is 7.71. The quantitative estimate of drug-likeness (QED) is 0.0814. The molecule has 1 atom stereocenters. The van der Waals surface area contributed by atoms with E-state index in [0.717, 1.165) is 42.1 Å². The molecule has 4 aromatic carbocycles. The minimum Gasteiger partial charge on any atom is -0.508 e. The van der Waals surface area contributed by atoms with Crippen LogP contribution in [-0.4, -0.2) is 87.4 Å². The third-order valence-corrected chi connectivity index (χ3v) is 10.7. The van der Waals surface area contributed by atoms with Gasteiger partial charge in [0.05, 0.1) is 50.3 Å². The highest BCUT2D eigenvalue weighted by Gasteiger charge is 2.40. The Morgan fingerprint density at radius 2 is 1.53 bits per heavy atom. The molecular formula is C42H42BrNO10S. The SMILES string of the molecule is COCCOCCOc1ccc(Oc2c(-c3ccc(Br)cc3)sc3cc(O)ccc23)cc1.COCCOc1cccc2c1CN(C1CCC(=O)CC1=O)C2=O. The predicted molar refractivity (Wildman–Crippen MR) is 213 cm³/mol. The second kappa shape index (κ2) is 19.2. The van der Waals surface area contributed by atoms with E-state index in [-0.39, 0.29) is 29.6 Å². The van der Waals surface area contributed by atoms with Gasteiger partial charge in [0.1, 0.15) is 42.0 Å². The van der Waals surface area contributed by atoms with Gasteiger partial charge in [0.2, 0.25) is 0 Å². The number of amides is 1. The molecule has 5 aromatic rings. The largest absolute Gasteiger partial charge is 0.508 e. The van der Waals surface area contributed by atoms with Crippen LogP contribution in [0.3, 0.4) is 0 Å². The monoisotopic (exact) mass is 831 g/mol. The molecule has 1 N–H and O–H groups in total. The van der Waals surface area contributed by atoms with E-state index in [4.69, 9.17) is 28.4 Å². The Bertz CT molecular complexity index is 2100. The molecule has 55 heavy (non-hydrogen) atoms. The topological polar surface area (TPSA) is 130 Å². The van der Waals surface area contributed by atoms with Crippen LogP contribution in [0, 0.1) is 0 Å². The molecule has 1 amide bonds. The second-order valence-corrected chi connectivity index (χ2v) is 14.7. The van der Waals surface area contributed by atoms with Crippen LogP contribution in [0.4, 0.5) is 0 Å². The molecule has 13 heteroatoms. The van der Waals surface area contributed by atoms with E-state index in [0.29, 0.717) is 76.1 Å². The number of nitrogens with zero attached hydrogens (tertiary/aromatic N) is 1. The van der Waals surface area contributed by atoms with Gasteiger partial charge in [-0.05, 0) is 78.7 Å². The molecule has 1 unspecified atom stereocenters. The maximum Gasteiger partial charge on any atom is 0.255 e. The van der Waals surface area contributed by atoms with Gasteiger partial charge in [0.25, 0.3) is 5.91 Å². The zero-order valence-corrected chi connectivity index (χ0v) is 33.0. The summed E-state index contributed by atoms with van der Waals surface area (Å²) in [6.07, 6.45) is 0.701. The maximum atomic E-state index is 12.6. The normalized spacial score (nSPS) is 15.1. The number of hydrogen-bond acceptors (Lipinski definition) is 11. The first-order valence-electron chi connectivity index (χ1n) is 17.8. The fraction of sp³-hybridized carbons (Fsp3) is 0.310. The average Bonchev–Trinajstić information content (AvgIpc) is 3.71. The molecule has 1 saturated carbocycles. The zero-order chi connectivity index (χ0) is 38.7. The second-order valence-electron chi connectivity index (χ2n) is 12.8. The third kappa shape index (κ3) is 10.1. The molecule has 0 spiro atoms. The number of thiophene rings is 1. The first kappa shape index (κ1) is 39.9. The van der Waals surface area contributed by atoms with Gasteiger partial charge in [-0.1, -0.05) is 34.1 Å². The lowest BCUT2D eigenvalue weighted by molar-refractivity contribution is -0.133. The van der Waals surface area contributed by atoms with Gasteiger partial charge in [0, 0.05) is 46.3 Å². The zero-order valence-electron chi connectivity index (χ0n) is 30.6. The number of methoxy groups -OCH3 is 2. The number of hydrogen-bond donors (Lipinski definition) is 1. The Hall–Kier alpha value is -4.79. The van der Waals surface area contributed by atoms with E-state index in [9.17, 15) is 19.5 Å². The number of fused-ring (bicyclic) bond motifs is 2. The number of benzene rings is 4. The molecule has 1 aliphatic carbocycles. The number of Topliss-reactive ketones (excluding diaryl/α,β-unsaturated/α-hetero) is 2. The highest BCUT2D eigenvalue weighted by Crippen LogP contribution is 2.47. The third-order valence-electron chi connectivity index (χ3n) is 9.02. The van der Waals surface area contributed by atoms with Crippen molar-refractivity contribution in [1.82, 2.24) is 4.90 Å². The number of halogens is 1. The van der Waals surface area contributed by atoms with E-state index < -0.39 is 6.04 Å². The highest BCUT2D eigenvalue weighted by molar-refractivity contribution is 9.10. The fourth-order valence-electron chi connectivity index (χ4n) is 6.28. The standard InChI is InChI=1S/C25H23BrO5S.C17H19NO5/c1-28-12-13-29-14-15-30-20-7-9-21(10-8-20)31-24-22-11-6-19(27)16-23(22)32-25(24)17-2-4-18(26)5-3-17;1-22-7-8-23-16-4-2-3-12-13(16)10-18(17(12)21)14-6-5-11(19)9-15(14)20/h2-11,16,27H,12-15H2,1H3;2-4,14H,5-10H2,1H3. The number of rotatable bonds is 15. The highest BCUT2D eigenvalue weighted by atomic mass is 79.9. The van der Waals surface area contributed by atoms with Crippen molar-refractivity contribution in [1.29, 1.82) is 0 Å². The van der Waals surface area contributed by atoms with Crippen LogP contribution in [0.2, 0.25) is 0 Å². The minimum absolute atomic E-state index is 0.0426. The van der Waals surface area contributed by atoms with Crippen molar-refractivity contribution in [2.75, 3.05) is 53.9 Å².